The second-order valence-electron chi connectivity index (χ2n) is 4.49. The summed E-state index contributed by atoms with van der Waals surface area (Å²) < 4.78 is 0. The van der Waals surface area contributed by atoms with E-state index in [1.165, 1.54) is 12.3 Å². The normalized spacial score (nSPS) is 13.9. The molecule has 1 amide bonds. The summed E-state index contributed by atoms with van der Waals surface area (Å²) in [4.78, 5) is 26.1. The molecule has 0 aliphatic heterocycles. The van der Waals surface area contributed by atoms with E-state index >= 15 is 0 Å². The third-order valence-corrected chi connectivity index (χ3v) is 2.75. The van der Waals surface area contributed by atoms with E-state index in [4.69, 9.17) is 10.8 Å². The molecule has 1 aliphatic carbocycles. The Hall–Kier alpha value is -2.31. The molecular weight excluding hydrogens is 248 g/mol. The van der Waals surface area contributed by atoms with E-state index in [-0.39, 0.29) is 17.2 Å². The van der Waals surface area contributed by atoms with Gasteiger partial charge in [0.1, 0.15) is 5.82 Å². The van der Waals surface area contributed by atoms with Gasteiger partial charge in [-0.15, -0.1) is 0 Å². The number of hydrogen-bond acceptors (Lipinski definition) is 5. The molecule has 1 saturated carbocycles. The summed E-state index contributed by atoms with van der Waals surface area (Å²) in [6.07, 6.45) is 3.68. The molecule has 1 aliphatic rings. The number of nitrogens with zero attached hydrogens (tertiary/aromatic N) is 1. The molecule has 0 spiro atoms. The summed E-state index contributed by atoms with van der Waals surface area (Å²) >= 11 is 0. The van der Waals surface area contributed by atoms with Gasteiger partial charge < -0.3 is 21.5 Å². The molecule has 0 unspecified atom stereocenters. The number of nitrogens with two attached hydrogens (primary N) is 1. The molecule has 1 aromatic heterocycles. The summed E-state index contributed by atoms with van der Waals surface area (Å²) in [6.45, 7) is 0.405. The molecule has 1 heterocycles. The minimum Gasteiger partial charge on any atom is -0.478 e. The van der Waals surface area contributed by atoms with Gasteiger partial charge in [0, 0.05) is 25.2 Å². The number of carboxylic acids is 1. The number of carbonyl (C=O) groups is 2. The van der Waals surface area contributed by atoms with Gasteiger partial charge in [-0.05, 0) is 18.9 Å². The van der Waals surface area contributed by atoms with Crippen molar-refractivity contribution in [2.45, 2.75) is 25.3 Å². The van der Waals surface area contributed by atoms with E-state index < -0.39 is 5.97 Å². The number of anilines is 2. The lowest BCUT2D eigenvalue weighted by Gasteiger charge is -2.08. The largest absolute Gasteiger partial charge is 0.478 e. The topological polar surface area (TPSA) is 117 Å². The van der Waals surface area contributed by atoms with E-state index in [0.29, 0.717) is 24.8 Å². The second-order valence-corrected chi connectivity index (χ2v) is 4.49. The van der Waals surface area contributed by atoms with Gasteiger partial charge in [0.05, 0.1) is 11.3 Å². The van der Waals surface area contributed by atoms with Crippen LogP contribution in [-0.4, -0.2) is 34.6 Å². The van der Waals surface area contributed by atoms with Crippen LogP contribution in [0.15, 0.2) is 12.3 Å². The Kier molecular flexibility index (Phi) is 3.84. The maximum absolute atomic E-state index is 11.4. The molecule has 0 saturated heterocycles. The molecule has 7 nitrogen and oxygen atoms in total. The molecule has 0 bridgehead atoms. The number of carbonyl (C=O) groups excluding carboxylic acids is 1. The number of hydrogen-bond donors (Lipinski definition) is 4. The van der Waals surface area contributed by atoms with Gasteiger partial charge in [-0.1, -0.05) is 0 Å². The molecule has 19 heavy (non-hydrogen) atoms. The minimum absolute atomic E-state index is 0.00396. The number of amides is 1. The fourth-order valence-corrected chi connectivity index (χ4v) is 1.57. The zero-order valence-electron chi connectivity index (χ0n) is 10.3. The van der Waals surface area contributed by atoms with Crippen LogP contribution >= 0.6 is 0 Å². The van der Waals surface area contributed by atoms with Crippen molar-refractivity contribution in [3.8, 4) is 0 Å². The van der Waals surface area contributed by atoms with Gasteiger partial charge in [0.2, 0.25) is 5.91 Å². The number of carboxylic acid groups (broad SMARTS) is 1. The van der Waals surface area contributed by atoms with Gasteiger partial charge in [-0.25, -0.2) is 9.78 Å². The lowest BCUT2D eigenvalue weighted by atomic mass is 10.2. The SMILES string of the molecule is Nc1cc(C(=O)O)cnc1NCCC(=O)NC1CC1. The standard InChI is InChI=1S/C12H16N4O3/c13-9-5-7(12(18)19)6-15-11(9)14-4-3-10(17)16-8-1-2-8/h5-6,8H,1-4,13H2,(H,14,15)(H,16,17)(H,18,19). The zero-order chi connectivity index (χ0) is 13.8. The molecule has 102 valence electrons. The quantitative estimate of drug-likeness (QED) is 0.592. The van der Waals surface area contributed by atoms with Crippen LogP contribution in [0, 0.1) is 0 Å². The van der Waals surface area contributed by atoms with Crippen LogP contribution in [-0.2, 0) is 4.79 Å². The van der Waals surface area contributed by atoms with Crippen LogP contribution in [0.5, 0.6) is 0 Å². The van der Waals surface area contributed by atoms with Crippen molar-refractivity contribution in [3.63, 3.8) is 0 Å². The number of rotatable bonds is 6. The first kappa shape index (κ1) is 13.1. The highest BCUT2D eigenvalue weighted by Gasteiger charge is 2.22. The Balaban J connectivity index is 1.81. The predicted octanol–water partition coefficient (Wildman–Crippen LogP) is 0.443. The van der Waals surface area contributed by atoms with Gasteiger partial charge in [-0.2, -0.15) is 0 Å². The van der Waals surface area contributed by atoms with Gasteiger partial charge in [0.25, 0.3) is 0 Å². The predicted molar refractivity (Wildman–Crippen MR) is 69.9 cm³/mol. The first-order valence-electron chi connectivity index (χ1n) is 6.08. The third-order valence-electron chi connectivity index (χ3n) is 2.75. The monoisotopic (exact) mass is 264 g/mol. The molecule has 1 fully saturated rings. The first-order valence-corrected chi connectivity index (χ1v) is 6.08. The lowest BCUT2D eigenvalue weighted by Crippen LogP contribution is -2.27. The van der Waals surface area contributed by atoms with Crippen molar-refractivity contribution < 1.29 is 14.7 Å². The van der Waals surface area contributed by atoms with Crippen LogP contribution in [0.3, 0.4) is 0 Å². The van der Waals surface area contributed by atoms with Gasteiger partial charge in [-0.3, -0.25) is 4.79 Å². The minimum atomic E-state index is -1.07. The average Bonchev–Trinajstić information content (AvgIpc) is 3.14. The highest BCUT2D eigenvalue weighted by Crippen LogP contribution is 2.19. The molecule has 0 radical (unpaired) electrons. The van der Waals surface area contributed by atoms with Crippen molar-refractivity contribution >= 4 is 23.4 Å². The number of aromatic nitrogens is 1. The van der Waals surface area contributed by atoms with Crippen LogP contribution in [0.1, 0.15) is 29.6 Å². The first-order chi connectivity index (χ1) is 9.06. The average molecular weight is 264 g/mol. The van der Waals surface area contributed by atoms with Gasteiger partial charge in [0.15, 0.2) is 0 Å². The highest BCUT2D eigenvalue weighted by atomic mass is 16.4. The van der Waals surface area contributed by atoms with Crippen molar-refractivity contribution in [1.29, 1.82) is 0 Å². The number of nitrogen functional groups attached to an aromatic ring is 1. The molecule has 0 atom stereocenters. The summed E-state index contributed by atoms with van der Waals surface area (Å²) in [5.74, 6) is -0.686. The lowest BCUT2D eigenvalue weighted by molar-refractivity contribution is -0.120. The molecule has 7 heteroatoms. The van der Waals surface area contributed by atoms with E-state index in [0.717, 1.165) is 12.8 Å². The van der Waals surface area contributed by atoms with Crippen molar-refractivity contribution in [3.05, 3.63) is 17.8 Å². The second kappa shape index (κ2) is 5.55. The Morgan fingerprint density at radius 3 is 2.79 bits per heavy atom. The zero-order valence-corrected chi connectivity index (χ0v) is 10.3. The Morgan fingerprint density at radius 1 is 1.47 bits per heavy atom. The molecule has 2 rings (SSSR count). The van der Waals surface area contributed by atoms with Crippen LogP contribution in [0.25, 0.3) is 0 Å². The van der Waals surface area contributed by atoms with E-state index in [1.54, 1.807) is 0 Å². The number of aromatic carboxylic acids is 1. The number of nitrogens with one attached hydrogen (secondary N) is 2. The van der Waals surface area contributed by atoms with Crippen molar-refractivity contribution in [2.75, 3.05) is 17.6 Å². The van der Waals surface area contributed by atoms with Crippen LogP contribution in [0.2, 0.25) is 0 Å². The molecule has 1 aromatic rings. The Bertz CT molecular complexity index is 500. The molecular formula is C12H16N4O3. The fourth-order valence-electron chi connectivity index (χ4n) is 1.57. The Labute approximate surface area is 110 Å². The fraction of sp³-hybridized carbons (Fsp3) is 0.417. The summed E-state index contributed by atoms with van der Waals surface area (Å²) in [5.41, 5.74) is 5.97. The molecule has 0 aromatic carbocycles. The van der Waals surface area contributed by atoms with E-state index in [2.05, 4.69) is 15.6 Å². The van der Waals surface area contributed by atoms with E-state index in [1.807, 2.05) is 0 Å². The maximum Gasteiger partial charge on any atom is 0.337 e. The summed E-state index contributed by atoms with van der Waals surface area (Å²) in [7, 11) is 0. The molecule has 5 N–H and O–H groups in total. The van der Waals surface area contributed by atoms with Crippen molar-refractivity contribution in [2.24, 2.45) is 0 Å². The van der Waals surface area contributed by atoms with E-state index in [9.17, 15) is 9.59 Å². The smallest absolute Gasteiger partial charge is 0.337 e. The maximum atomic E-state index is 11.4. The van der Waals surface area contributed by atoms with Gasteiger partial charge >= 0.3 is 5.97 Å². The number of pyridine rings is 1. The Morgan fingerprint density at radius 2 is 2.21 bits per heavy atom. The highest BCUT2D eigenvalue weighted by molar-refractivity contribution is 5.89. The third kappa shape index (κ3) is 3.84. The van der Waals surface area contributed by atoms with Crippen LogP contribution < -0.4 is 16.4 Å². The van der Waals surface area contributed by atoms with Crippen molar-refractivity contribution in [1.82, 2.24) is 10.3 Å². The summed E-state index contributed by atoms with van der Waals surface area (Å²) in [6, 6.07) is 1.69. The summed E-state index contributed by atoms with van der Waals surface area (Å²) in [5, 5.41) is 14.6. The van der Waals surface area contributed by atoms with Crippen LogP contribution in [0.4, 0.5) is 11.5 Å².